The Kier molecular flexibility index (Phi) is 5.57. The Labute approximate surface area is 170 Å². The fraction of sp³-hybridized carbons (Fsp3) is 0.150. The predicted molar refractivity (Wildman–Crippen MR) is 112 cm³/mol. The van der Waals surface area contributed by atoms with Crippen LogP contribution < -0.4 is 11.1 Å². The highest BCUT2D eigenvalue weighted by molar-refractivity contribution is 7.18. The summed E-state index contributed by atoms with van der Waals surface area (Å²) < 4.78 is 6.39. The number of hydrogen-bond acceptors (Lipinski definition) is 9. The Morgan fingerprint density at radius 3 is 2.62 bits per heavy atom. The highest BCUT2D eigenvalue weighted by atomic mass is 32.1. The topological polar surface area (TPSA) is 116 Å². The number of para-hydroxylation sites is 2. The number of hydrogen-bond donors (Lipinski definition) is 2. The largest absolute Gasteiger partial charge is 0.457 e. The third kappa shape index (κ3) is 5.02. The number of nitrogens with zero attached hydrogens (tertiary/aromatic N) is 4. The van der Waals surface area contributed by atoms with Crippen LogP contribution in [0, 0.1) is 0 Å². The van der Waals surface area contributed by atoms with Gasteiger partial charge in [-0.3, -0.25) is 4.79 Å². The van der Waals surface area contributed by atoms with Crippen LogP contribution in [-0.2, 0) is 22.6 Å². The third-order valence-corrected chi connectivity index (χ3v) is 5.07. The van der Waals surface area contributed by atoms with Crippen molar-refractivity contribution >= 4 is 45.1 Å². The molecule has 3 N–H and O–H groups in total. The minimum atomic E-state index is -0.346. The summed E-state index contributed by atoms with van der Waals surface area (Å²) in [5.41, 5.74) is 7.50. The van der Waals surface area contributed by atoms with Crippen LogP contribution >= 0.6 is 11.3 Å². The van der Waals surface area contributed by atoms with Crippen molar-refractivity contribution in [3.05, 3.63) is 65.4 Å². The van der Waals surface area contributed by atoms with Gasteiger partial charge in [-0.15, -0.1) is 11.3 Å². The van der Waals surface area contributed by atoms with E-state index >= 15 is 0 Å². The van der Waals surface area contributed by atoms with E-state index in [9.17, 15) is 4.79 Å². The summed E-state index contributed by atoms with van der Waals surface area (Å²) in [6.45, 7) is -0.0745. The number of nitrogen functional groups attached to an aromatic ring is 1. The van der Waals surface area contributed by atoms with E-state index in [0.29, 0.717) is 12.4 Å². The molecule has 9 heteroatoms. The molecule has 0 aliphatic carbocycles. The summed E-state index contributed by atoms with van der Waals surface area (Å²) >= 11 is 1.58. The number of nitrogens with two attached hydrogens (primary N) is 1. The van der Waals surface area contributed by atoms with E-state index in [2.05, 4.69) is 25.3 Å². The maximum atomic E-state index is 12.1. The number of benzene rings is 2. The molecule has 2 heterocycles. The molecule has 0 aliphatic rings. The molecule has 2 aromatic heterocycles. The minimum absolute atomic E-state index is 0.0546. The predicted octanol–water partition coefficient (Wildman–Crippen LogP) is 3.48. The first-order valence-corrected chi connectivity index (χ1v) is 9.80. The maximum Gasteiger partial charge on any atom is 0.306 e. The van der Waals surface area contributed by atoms with Gasteiger partial charge in [0.15, 0.2) is 12.4 Å². The van der Waals surface area contributed by atoms with E-state index in [0.717, 1.165) is 20.9 Å². The molecule has 0 unspecified atom stereocenters. The molecule has 8 nitrogen and oxygen atoms in total. The monoisotopic (exact) mass is 406 g/mol. The Hall–Kier alpha value is -3.59. The number of carbonyl (C=O) groups is 1. The number of aromatic nitrogens is 4. The van der Waals surface area contributed by atoms with E-state index < -0.39 is 0 Å². The molecule has 2 aromatic carbocycles. The molecule has 4 aromatic rings. The van der Waals surface area contributed by atoms with Gasteiger partial charge in [-0.2, -0.15) is 15.0 Å². The van der Waals surface area contributed by atoms with Gasteiger partial charge in [0, 0.05) is 12.1 Å². The zero-order valence-electron chi connectivity index (χ0n) is 15.4. The summed E-state index contributed by atoms with van der Waals surface area (Å²) in [5, 5.41) is 3.95. The standard InChI is InChI=1S/C20H18N6O2S/c21-19-24-16(25-20(26-19)22-13-6-2-1-3-7-13)12-28-18(27)11-10-17-23-14-8-4-5-9-15(14)29-17/h1-9H,10-12H2,(H3,21,22,24,25,26). The van der Waals surface area contributed by atoms with Gasteiger partial charge < -0.3 is 15.8 Å². The summed E-state index contributed by atoms with van der Waals surface area (Å²) in [7, 11) is 0. The van der Waals surface area contributed by atoms with Crippen LogP contribution in [0.1, 0.15) is 17.3 Å². The van der Waals surface area contributed by atoms with E-state index in [1.54, 1.807) is 11.3 Å². The van der Waals surface area contributed by atoms with Crippen LogP contribution in [0.15, 0.2) is 54.6 Å². The van der Waals surface area contributed by atoms with E-state index in [-0.39, 0.29) is 30.8 Å². The lowest BCUT2D eigenvalue weighted by Gasteiger charge is -2.08. The number of ether oxygens (including phenoxy) is 1. The van der Waals surface area contributed by atoms with Crippen molar-refractivity contribution in [2.24, 2.45) is 0 Å². The first-order chi connectivity index (χ1) is 14.2. The summed E-state index contributed by atoms with van der Waals surface area (Å²) in [4.78, 5) is 28.9. The fourth-order valence-corrected chi connectivity index (χ4v) is 3.63. The van der Waals surface area contributed by atoms with Gasteiger partial charge in [-0.05, 0) is 24.3 Å². The average Bonchev–Trinajstić information content (AvgIpc) is 3.14. The van der Waals surface area contributed by atoms with Crippen molar-refractivity contribution in [2.75, 3.05) is 11.1 Å². The molecule has 0 aliphatic heterocycles. The van der Waals surface area contributed by atoms with Crippen LogP contribution in [-0.4, -0.2) is 25.9 Å². The molecule has 29 heavy (non-hydrogen) atoms. The number of esters is 1. The van der Waals surface area contributed by atoms with E-state index in [4.69, 9.17) is 10.5 Å². The smallest absolute Gasteiger partial charge is 0.306 e. The van der Waals surface area contributed by atoms with Gasteiger partial charge in [-0.25, -0.2) is 4.98 Å². The Bertz CT molecular complexity index is 1100. The molecule has 0 atom stereocenters. The Morgan fingerprint density at radius 1 is 1.00 bits per heavy atom. The van der Waals surface area contributed by atoms with Gasteiger partial charge in [0.05, 0.1) is 21.6 Å². The molecule has 0 radical (unpaired) electrons. The van der Waals surface area contributed by atoms with Gasteiger partial charge in [0.1, 0.15) is 0 Å². The number of aryl methyl sites for hydroxylation is 1. The average molecular weight is 406 g/mol. The molecule has 0 fully saturated rings. The van der Waals surface area contributed by atoms with Crippen LogP contribution in [0.3, 0.4) is 0 Å². The van der Waals surface area contributed by atoms with Crippen molar-refractivity contribution in [3.8, 4) is 0 Å². The molecule has 0 amide bonds. The lowest BCUT2D eigenvalue weighted by Crippen LogP contribution is -2.11. The molecule has 0 bridgehead atoms. The van der Waals surface area contributed by atoms with E-state index in [1.807, 2.05) is 54.6 Å². The van der Waals surface area contributed by atoms with Crippen LogP contribution in [0.2, 0.25) is 0 Å². The normalized spacial score (nSPS) is 10.8. The number of fused-ring (bicyclic) bond motifs is 1. The Balaban J connectivity index is 1.32. The van der Waals surface area contributed by atoms with Gasteiger partial charge in [0.2, 0.25) is 11.9 Å². The third-order valence-electron chi connectivity index (χ3n) is 3.97. The van der Waals surface area contributed by atoms with Gasteiger partial charge in [0.25, 0.3) is 0 Å². The van der Waals surface area contributed by atoms with Crippen LogP contribution in [0.4, 0.5) is 17.6 Å². The van der Waals surface area contributed by atoms with Crippen molar-refractivity contribution in [1.29, 1.82) is 0 Å². The van der Waals surface area contributed by atoms with Crippen LogP contribution in [0.5, 0.6) is 0 Å². The first-order valence-electron chi connectivity index (χ1n) is 8.98. The highest BCUT2D eigenvalue weighted by Crippen LogP contribution is 2.22. The zero-order valence-corrected chi connectivity index (χ0v) is 16.2. The number of nitrogens with one attached hydrogen (secondary N) is 1. The molecular weight excluding hydrogens is 388 g/mol. The number of carbonyl (C=O) groups excluding carboxylic acids is 1. The fourth-order valence-electron chi connectivity index (χ4n) is 2.66. The van der Waals surface area contributed by atoms with Gasteiger partial charge >= 0.3 is 5.97 Å². The summed E-state index contributed by atoms with van der Waals surface area (Å²) in [5.74, 6) is 0.285. The van der Waals surface area contributed by atoms with Crippen LogP contribution in [0.25, 0.3) is 10.2 Å². The molecule has 4 rings (SSSR count). The quantitative estimate of drug-likeness (QED) is 0.448. The molecular formula is C20H18N6O2S. The molecule has 0 spiro atoms. The molecule has 0 saturated heterocycles. The number of anilines is 3. The van der Waals surface area contributed by atoms with Crippen molar-refractivity contribution in [2.45, 2.75) is 19.4 Å². The Morgan fingerprint density at radius 2 is 1.79 bits per heavy atom. The molecule has 146 valence electrons. The minimum Gasteiger partial charge on any atom is -0.457 e. The second-order valence-corrected chi connectivity index (χ2v) is 7.28. The number of thiazole rings is 1. The maximum absolute atomic E-state index is 12.1. The highest BCUT2D eigenvalue weighted by Gasteiger charge is 2.11. The lowest BCUT2D eigenvalue weighted by molar-refractivity contribution is -0.145. The summed E-state index contributed by atoms with van der Waals surface area (Å²) in [6, 6.07) is 17.3. The molecule has 0 saturated carbocycles. The van der Waals surface area contributed by atoms with E-state index in [1.165, 1.54) is 0 Å². The van der Waals surface area contributed by atoms with Crippen molar-refractivity contribution in [3.63, 3.8) is 0 Å². The van der Waals surface area contributed by atoms with Gasteiger partial charge in [-0.1, -0.05) is 30.3 Å². The zero-order chi connectivity index (χ0) is 20.1. The van der Waals surface area contributed by atoms with Crippen molar-refractivity contribution in [1.82, 2.24) is 19.9 Å². The SMILES string of the molecule is Nc1nc(COC(=O)CCc2nc3ccccc3s2)nc(Nc2ccccc2)n1. The summed E-state index contributed by atoms with van der Waals surface area (Å²) in [6.07, 6.45) is 0.758. The second kappa shape index (κ2) is 8.61. The van der Waals surface area contributed by atoms with Crippen molar-refractivity contribution < 1.29 is 9.53 Å². The second-order valence-electron chi connectivity index (χ2n) is 6.16. The lowest BCUT2D eigenvalue weighted by atomic mass is 10.3. The first kappa shape index (κ1) is 18.8. The number of rotatable bonds is 7.